The minimum absolute atomic E-state index is 0.151. The van der Waals surface area contributed by atoms with Gasteiger partial charge in [-0.3, -0.25) is 0 Å². The second kappa shape index (κ2) is 3.02. The van der Waals surface area contributed by atoms with E-state index in [1.54, 1.807) is 0 Å². The van der Waals surface area contributed by atoms with Gasteiger partial charge in [-0.05, 0) is 26.2 Å². The van der Waals surface area contributed by atoms with Gasteiger partial charge >= 0.3 is 0 Å². The molecule has 0 heterocycles. The molecule has 1 heteroatoms. The van der Waals surface area contributed by atoms with Gasteiger partial charge in [-0.1, -0.05) is 12.2 Å². The van der Waals surface area contributed by atoms with E-state index in [-0.39, 0.29) is 6.10 Å². The normalized spacial score (nSPS) is 30.2. The fraction of sp³-hybridized carbons (Fsp3) is 0.750. The van der Waals surface area contributed by atoms with Crippen LogP contribution in [0.25, 0.3) is 0 Å². The summed E-state index contributed by atoms with van der Waals surface area (Å²) in [5.41, 5.74) is 0. The van der Waals surface area contributed by atoms with Crippen molar-refractivity contribution in [2.24, 2.45) is 5.92 Å². The summed E-state index contributed by atoms with van der Waals surface area (Å²) >= 11 is 0. The molecule has 1 nitrogen and oxygen atoms in total. The smallest absolute Gasteiger partial charge is 0.0574 e. The van der Waals surface area contributed by atoms with Gasteiger partial charge in [-0.25, -0.2) is 0 Å². The number of aliphatic hydroxyl groups is 1. The van der Waals surface area contributed by atoms with Gasteiger partial charge in [0.1, 0.15) is 0 Å². The molecule has 1 aliphatic carbocycles. The Hall–Kier alpha value is -0.300. The molecular formula is C8H14O. The average Bonchev–Trinajstić information content (AvgIpc) is 1.90. The predicted octanol–water partition coefficient (Wildman–Crippen LogP) is 1.72. The number of rotatable bonds is 1. The minimum Gasteiger partial charge on any atom is -0.393 e. The van der Waals surface area contributed by atoms with Gasteiger partial charge < -0.3 is 5.11 Å². The molecule has 0 radical (unpaired) electrons. The molecule has 0 aliphatic heterocycles. The van der Waals surface area contributed by atoms with Crippen LogP contribution in [-0.2, 0) is 0 Å². The van der Waals surface area contributed by atoms with Gasteiger partial charge in [0, 0.05) is 5.92 Å². The summed E-state index contributed by atoms with van der Waals surface area (Å²) in [6.45, 7) is 1.86. The summed E-state index contributed by atoms with van der Waals surface area (Å²) in [6, 6.07) is 0. The van der Waals surface area contributed by atoms with E-state index in [0.29, 0.717) is 5.92 Å². The lowest BCUT2D eigenvalue weighted by Crippen LogP contribution is -2.15. The van der Waals surface area contributed by atoms with Crippen LogP contribution < -0.4 is 0 Å². The zero-order valence-corrected chi connectivity index (χ0v) is 5.88. The molecule has 0 aromatic rings. The van der Waals surface area contributed by atoms with Crippen LogP contribution in [0.3, 0.4) is 0 Å². The molecule has 0 fully saturated rings. The summed E-state index contributed by atoms with van der Waals surface area (Å²) in [4.78, 5) is 0. The van der Waals surface area contributed by atoms with Crippen molar-refractivity contribution >= 4 is 0 Å². The van der Waals surface area contributed by atoms with Crippen LogP contribution in [0.5, 0.6) is 0 Å². The highest BCUT2D eigenvalue weighted by molar-refractivity contribution is 4.94. The number of allylic oxidation sites excluding steroid dienone is 1. The highest BCUT2D eigenvalue weighted by atomic mass is 16.3. The third-order valence-electron chi connectivity index (χ3n) is 1.91. The molecule has 9 heavy (non-hydrogen) atoms. The van der Waals surface area contributed by atoms with Gasteiger partial charge in [-0.2, -0.15) is 0 Å². The molecule has 1 aliphatic rings. The molecule has 52 valence electrons. The highest BCUT2D eigenvalue weighted by Gasteiger charge is 2.12. The second-order valence-electron chi connectivity index (χ2n) is 2.76. The predicted molar refractivity (Wildman–Crippen MR) is 38.2 cm³/mol. The van der Waals surface area contributed by atoms with Crippen LogP contribution in [0, 0.1) is 5.92 Å². The Morgan fingerprint density at radius 2 is 2.44 bits per heavy atom. The Kier molecular flexibility index (Phi) is 2.29. The Labute approximate surface area is 56.4 Å². The van der Waals surface area contributed by atoms with Crippen molar-refractivity contribution in [2.75, 3.05) is 0 Å². The molecule has 0 aromatic carbocycles. The van der Waals surface area contributed by atoms with Gasteiger partial charge in [0.25, 0.3) is 0 Å². The standard InChI is InChI=1S/C8H14O/c1-7(9)8-5-3-2-4-6-8/h3,5,7-9H,2,4,6H2,1H3/t7-,8+/m0/s1. The van der Waals surface area contributed by atoms with E-state index in [1.807, 2.05) is 6.92 Å². The molecule has 0 aromatic heterocycles. The van der Waals surface area contributed by atoms with Crippen molar-refractivity contribution in [1.29, 1.82) is 0 Å². The van der Waals surface area contributed by atoms with Gasteiger partial charge in [0.2, 0.25) is 0 Å². The fourth-order valence-electron chi connectivity index (χ4n) is 1.24. The number of hydrogen-bond donors (Lipinski definition) is 1. The molecule has 2 atom stereocenters. The Bertz CT molecular complexity index is 105. The van der Waals surface area contributed by atoms with E-state index in [2.05, 4.69) is 12.2 Å². The molecule has 0 bridgehead atoms. The van der Waals surface area contributed by atoms with Crippen molar-refractivity contribution in [3.05, 3.63) is 12.2 Å². The first-order chi connectivity index (χ1) is 4.30. The van der Waals surface area contributed by atoms with E-state index in [1.165, 1.54) is 12.8 Å². The largest absolute Gasteiger partial charge is 0.393 e. The fourth-order valence-corrected chi connectivity index (χ4v) is 1.24. The quantitative estimate of drug-likeness (QED) is 0.530. The third-order valence-corrected chi connectivity index (χ3v) is 1.91. The zero-order chi connectivity index (χ0) is 6.69. The number of aliphatic hydroxyl groups excluding tert-OH is 1. The van der Waals surface area contributed by atoms with E-state index >= 15 is 0 Å². The summed E-state index contributed by atoms with van der Waals surface area (Å²) < 4.78 is 0. The molecular weight excluding hydrogens is 112 g/mol. The molecule has 1 N–H and O–H groups in total. The van der Waals surface area contributed by atoms with Gasteiger partial charge in [-0.15, -0.1) is 0 Å². The minimum atomic E-state index is -0.151. The Morgan fingerprint density at radius 1 is 1.67 bits per heavy atom. The lowest BCUT2D eigenvalue weighted by atomic mass is 9.92. The highest BCUT2D eigenvalue weighted by Crippen LogP contribution is 2.19. The lowest BCUT2D eigenvalue weighted by molar-refractivity contribution is 0.141. The Morgan fingerprint density at radius 3 is 2.78 bits per heavy atom. The summed E-state index contributed by atoms with van der Waals surface area (Å²) in [5.74, 6) is 0.429. The van der Waals surface area contributed by atoms with Crippen molar-refractivity contribution < 1.29 is 5.11 Å². The second-order valence-corrected chi connectivity index (χ2v) is 2.76. The van der Waals surface area contributed by atoms with Gasteiger partial charge in [0.15, 0.2) is 0 Å². The molecule has 0 spiro atoms. The van der Waals surface area contributed by atoms with E-state index in [9.17, 15) is 0 Å². The van der Waals surface area contributed by atoms with Crippen LogP contribution in [0.2, 0.25) is 0 Å². The van der Waals surface area contributed by atoms with Crippen LogP contribution in [-0.4, -0.2) is 11.2 Å². The molecule has 0 saturated heterocycles. The third kappa shape index (κ3) is 1.83. The van der Waals surface area contributed by atoms with Crippen LogP contribution in [0.15, 0.2) is 12.2 Å². The maximum atomic E-state index is 9.13. The van der Waals surface area contributed by atoms with Crippen molar-refractivity contribution in [3.8, 4) is 0 Å². The van der Waals surface area contributed by atoms with Crippen LogP contribution >= 0.6 is 0 Å². The van der Waals surface area contributed by atoms with Crippen LogP contribution in [0.1, 0.15) is 26.2 Å². The summed E-state index contributed by atoms with van der Waals surface area (Å²) in [7, 11) is 0. The topological polar surface area (TPSA) is 20.2 Å². The number of hydrogen-bond acceptors (Lipinski definition) is 1. The first-order valence-electron chi connectivity index (χ1n) is 3.65. The van der Waals surface area contributed by atoms with E-state index in [4.69, 9.17) is 5.11 Å². The first kappa shape index (κ1) is 6.81. The van der Waals surface area contributed by atoms with Gasteiger partial charge in [0.05, 0.1) is 6.10 Å². The zero-order valence-electron chi connectivity index (χ0n) is 5.88. The SMILES string of the molecule is C[C@H](O)[C@@H]1C=CCCC1. The van der Waals surface area contributed by atoms with E-state index in [0.717, 1.165) is 6.42 Å². The van der Waals surface area contributed by atoms with Crippen molar-refractivity contribution in [2.45, 2.75) is 32.3 Å². The van der Waals surface area contributed by atoms with E-state index < -0.39 is 0 Å². The monoisotopic (exact) mass is 126 g/mol. The maximum Gasteiger partial charge on any atom is 0.0574 e. The van der Waals surface area contributed by atoms with Crippen molar-refractivity contribution in [3.63, 3.8) is 0 Å². The lowest BCUT2D eigenvalue weighted by Gasteiger charge is -2.18. The molecule has 0 unspecified atom stereocenters. The summed E-state index contributed by atoms with van der Waals surface area (Å²) in [5, 5.41) is 9.13. The molecule has 0 saturated carbocycles. The van der Waals surface area contributed by atoms with Crippen molar-refractivity contribution in [1.82, 2.24) is 0 Å². The summed E-state index contributed by atoms with van der Waals surface area (Å²) in [6.07, 6.45) is 7.75. The van der Waals surface area contributed by atoms with Crippen LogP contribution in [0.4, 0.5) is 0 Å². The maximum absolute atomic E-state index is 9.13. The average molecular weight is 126 g/mol. The Balaban J connectivity index is 2.40. The first-order valence-corrected chi connectivity index (χ1v) is 3.65. The molecule has 0 amide bonds. The molecule has 1 rings (SSSR count).